The van der Waals surface area contributed by atoms with Crippen LogP contribution in [0.25, 0.3) is 0 Å². The average molecular weight is 322 g/mol. The maximum Gasteiger partial charge on any atom is 0.410 e. The van der Waals surface area contributed by atoms with Crippen LogP contribution in [-0.4, -0.2) is 39.9 Å². The van der Waals surface area contributed by atoms with Crippen molar-refractivity contribution in [3.05, 3.63) is 17.5 Å². The molecule has 0 saturated carbocycles. The fraction of sp³-hybridized carbons (Fsp3) is 0.765. The maximum absolute atomic E-state index is 12.4. The van der Waals surface area contributed by atoms with Crippen LogP contribution in [0.4, 0.5) is 4.79 Å². The van der Waals surface area contributed by atoms with Crippen molar-refractivity contribution in [1.29, 1.82) is 0 Å². The first-order valence-electron chi connectivity index (χ1n) is 8.37. The molecule has 6 heteroatoms. The van der Waals surface area contributed by atoms with E-state index in [2.05, 4.69) is 5.16 Å². The molecule has 2 bridgehead atoms. The first-order valence-corrected chi connectivity index (χ1v) is 8.37. The molecule has 1 aromatic heterocycles. The van der Waals surface area contributed by atoms with E-state index in [1.807, 2.05) is 38.7 Å². The second-order valence-corrected chi connectivity index (χ2v) is 7.61. The number of nitrogens with zero attached hydrogens (tertiary/aromatic N) is 2. The normalized spacial score (nSPS) is 27.3. The summed E-state index contributed by atoms with van der Waals surface area (Å²) in [7, 11) is 0. The van der Waals surface area contributed by atoms with Crippen molar-refractivity contribution in [3.63, 3.8) is 0 Å². The van der Waals surface area contributed by atoms with E-state index in [0.29, 0.717) is 6.61 Å². The van der Waals surface area contributed by atoms with E-state index in [1.54, 1.807) is 0 Å². The Labute approximate surface area is 137 Å². The Bertz CT molecular complexity index is 549. The third-order valence-electron chi connectivity index (χ3n) is 4.44. The van der Waals surface area contributed by atoms with Gasteiger partial charge in [-0.25, -0.2) is 4.79 Å². The smallest absolute Gasteiger partial charge is 0.410 e. The molecule has 3 rings (SSSR count). The Kier molecular flexibility index (Phi) is 4.36. The Morgan fingerprint density at radius 3 is 2.52 bits per heavy atom. The zero-order valence-corrected chi connectivity index (χ0v) is 14.4. The van der Waals surface area contributed by atoms with Crippen LogP contribution in [0.2, 0.25) is 0 Å². The Morgan fingerprint density at radius 1 is 1.35 bits per heavy atom. The van der Waals surface area contributed by atoms with Gasteiger partial charge in [-0.15, -0.1) is 0 Å². The van der Waals surface area contributed by atoms with Crippen molar-refractivity contribution >= 4 is 6.09 Å². The molecule has 3 heterocycles. The van der Waals surface area contributed by atoms with E-state index in [9.17, 15) is 4.79 Å². The van der Waals surface area contributed by atoms with E-state index in [4.69, 9.17) is 14.0 Å². The molecule has 0 N–H and O–H groups in total. The van der Waals surface area contributed by atoms with Gasteiger partial charge in [0.05, 0.1) is 12.7 Å². The standard InChI is InChI=1S/C17H26N2O4/c1-11-7-12(18-23-11)10-21-15-8-13-5-6-14(9-15)19(13)16(20)22-17(2,3)4/h7,13-15H,5-6,8-10H2,1-4H3. The molecule has 2 aliphatic heterocycles. The van der Waals surface area contributed by atoms with Crippen LogP contribution in [-0.2, 0) is 16.1 Å². The molecule has 2 aliphatic rings. The van der Waals surface area contributed by atoms with Gasteiger partial charge in [-0.1, -0.05) is 5.16 Å². The number of piperidine rings is 1. The molecule has 2 saturated heterocycles. The van der Waals surface area contributed by atoms with Crippen molar-refractivity contribution in [1.82, 2.24) is 10.1 Å². The van der Waals surface area contributed by atoms with Crippen LogP contribution in [0, 0.1) is 6.92 Å². The average Bonchev–Trinajstić information content (AvgIpc) is 2.96. The molecule has 0 radical (unpaired) electrons. The van der Waals surface area contributed by atoms with E-state index < -0.39 is 5.60 Å². The molecular weight excluding hydrogens is 296 g/mol. The first-order chi connectivity index (χ1) is 10.8. The highest BCUT2D eigenvalue weighted by atomic mass is 16.6. The number of aryl methyl sites for hydroxylation is 1. The number of fused-ring (bicyclic) bond motifs is 2. The summed E-state index contributed by atoms with van der Waals surface area (Å²) in [5, 5.41) is 3.95. The van der Waals surface area contributed by atoms with Gasteiger partial charge in [0.2, 0.25) is 0 Å². The fourth-order valence-electron chi connectivity index (χ4n) is 3.57. The summed E-state index contributed by atoms with van der Waals surface area (Å²) in [6.07, 6.45) is 3.79. The summed E-state index contributed by atoms with van der Waals surface area (Å²) in [4.78, 5) is 14.3. The van der Waals surface area contributed by atoms with Gasteiger partial charge in [0.1, 0.15) is 17.1 Å². The van der Waals surface area contributed by atoms with Gasteiger partial charge in [-0.2, -0.15) is 0 Å². The monoisotopic (exact) mass is 322 g/mol. The van der Waals surface area contributed by atoms with Crippen molar-refractivity contribution in [2.45, 2.75) is 83.8 Å². The Hall–Kier alpha value is -1.56. The number of aromatic nitrogens is 1. The Morgan fingerprint density at radius 2 is 2.00 bits per heavy atom. The highest BCUT2D eigenvalue weighted by molar-refractivity contribution is 5.69. The number of hydrogen-bond acceptors (Lipinski definition) is 5. The lowest BCUT2D eigenvalue weighted by atomic mass is 10.0. The number of hydrogen-bond donors (Lipinski definition) is 0. The summed E-state index contributed by atoms with van der Waals surface area (Å²) in [6, 6.07) is 2.35. The quantitative estimate of drug-likeness (QED) is 0.853. The SMILES string of the molecule is Cc1cc(COC2CC3CCC(C2)N3C(=O)OC(C)(C)C)no1. The summed E-state index contributed by atoms with van der Waals surface area (Å²) >= 11 is 0. The minimum absolute atomic E-state index is 0.170. The van der Waals surface area contributed by atoms with E-state index in [-0.39, 0.29) is 24.3 Å². The van der Waals surface area contributed by atoms with Crippen LogP contribution >= 0.6 is 0 Å². The van der Waals surface area contributed by atoms with Gasteiger partial charge >= 0.3 is 6.09 Å². The lowest BCUT2D eigenvalue weighted by Gasteiger charge is -2.39. The van der Waals surface area contributed by atoms with Crippen molar-refractivity contribution < 1.29 is 18.8 Å². The lowest BCUT2D eigenvalue weighted by molar-refractivity contribution is -0.0407. The van der Waals surface area contributed by atoms with Gasteiger partial charge in [0.25, 0.3) is 0 Å². The minimum atomic E-state index is -0.450. The highest BCUT2D eigenvalue weighted by Gasteiger charge is 2.45. The molecule has 1 aromatic rings. The Balaban J connectivity index is 1.55. The summed E-state index contributed by atoms with van der Waals surface area (Å²) < 4.78 is 16.6. The van der Waals surface area contributed by atoms with Crippen molar-refractivity contribution in [2.75, 3.05) is 0 Å². The van der Waals surface area contributed by atoms with E-state index >= 15 is 0 Å². The zero-order valence-electron chi connectivity index (χ0n) is 14.4. The lowest BCUT2D eigenvalue weighted by Crippen LogP contribution is -2.50. The molecule has 6 nitrogen and oxygen atoms in total. The predicted molar refractivity (Wildman–Crippen MR) is 83.9 cm³/mol. The maximum atomic E-state index is 12.4. The number of carbonyl (C=O) groups excluding carboxylic acids is 1. The molecule has 2 fully saturated rings. The second kappa shape index (κ2) is 6.15. The van der Waals surface area contributed by atoms with Gasteiger partial charge in [0.15, 0.2) is 0 Å². The molecule has 0 spiro atoms. The molecule has 23 heavy (non-hydrogen) atoms. The molecule has 0 aromatic carbocycles. The number of rotatable bonds is 3. The third kappa shape index (κ3) is 3.86. The number of amides is 1. The van der Waals surface area contributed by atoms with Gasteiger partial charge in [0, 0.05) is 18.2 Å². The largest absolute Gasteiger partial charge is 0.444 e. The number of carbonyl (C=O) groups is 1. The molecular formula is C17H26N2O4. The van der Waals surface area contributed by atoms with Gasteiger partial charge in [-0.3, -0.25) is 0 Å². The molecule has 128 valence electrons. The third-order valence-corrected chi connectivity index (χ3v) is 4.44. The zero-order chi connectivity index (χ0) is 16.6. The summed E-state index contributed by atoms with van der Waals surface area (Å²) in [5.41, 5.74) is 0.374. The molecule has 1 amide bonds. The van der Waals surface area contributed by atoms with Crippen molar-refractivity contribution in [2.24, 2.45) is 0 Å². The van der Waals surface area contributed by atoms with Crippen LogP contribution in [0.1, 0.15) is 57.9 Å². The molecule has 0 aliphatic carbocycles. The van der Waals surface area contributed by atoms with E-state index in [0.717, 1.165) is 37.1 Å². The minimum Gasteiger partial charge on any atom is -0.444 e. The topological polar surface area (TPSA) is 64.8 Å². The second-order valence-electron chi connectivity index (χ2n) is 7.61. The van der Waals surface area contributed by atoms with Crippen LogP contribution in [0.15, 0.2) is 10.6 Å². The molecule has 2 atom stereocenters. The number of ether oxygens (including phenoxy) is 2. The fourth-order valence-corrected chi connectivity index (χ4v) is 3.57. The summed E-state index contributed by atoms with van der Waals surface area (Å²) in [6.45, 7) is 8.05. The van der Waals surface area contributed by atoms with Gasteiger partial charge in [-0.05, 0) is 53.4 Å². The summed E-state index contributed by atoms with van der Waals surface area (Å²) in [5.74, 6) is 0.795. The predicted octanol–water partition coefficient (Wildman–Crippen LogP) is 3.43. The van der Waals surface area contributed by atoms with Gasteiger partial charge < -0.3 is 18.9 Å². The van der Waals surface area contributed by atoms with E-state index in [1.165, 1.54) is 0 Å². The van der Waals surface area contributed by atoms with Crippen LogP contribution < -0.4 is 0 Å². The molecule has 2 unspecified atom stereocenters. The van der Waals surface area contributed by atoms with Crippen molar-refractivity contribution in [3.8, 4) is 0 Å². The first kappa shape index (κ1) is 16.3. The van der Waals surface area contributed by atoms with Crippen LogP contribution in [0.3, 0.4) is 0 Å². The van der Waals surface area contributed by atoms with Crippen LogP contribution in [0.5, 0.6) is 0 Å². The highest BCUT2D eigenvalue weighted by Crippen LogP contribution is 2.38.